The lowest BCUT2D eigenvalue weighted by Crippen LogP contribution is -2.06. The molecule has 0 aliphatic heterocycles. The highest BCUT2D eigenvalue weighted by atomic mass is 16.5. The molecule has 0 bridgehead atoms. The van der Waals surface area contributed by atoms with E-state index in [2.05, 4.69) is 4.98 Å². The second kappa shape index (κ2) is 4.94. The van der Waals surface area contributed by atoms with E-state index in [4.69, 9.17) is 14.9 Å². The molecule has 0 fully saturated rings. The van der Waals surface area contributed by atoms with Crippen molar-refractivity contribution in [3.05, 3.63) is 24.0 Å². The smallest absolute Gasteiger partial charge is 0.354 e. The van der Waals surface area contributed by atoms with Crippen LogP contribution in [0.15, 0.2) is 18.3 Å². The molecule has 6 heteroatoms. The molecule has 0 aliphatic carbocycles. The quantitative estimate of drug-likeness (QED) is 0.741. The van der Waals surface area contributed by atoms with E-state index in [0.717, 1.165) is 0 Å². The van der Waals surface area contributed by atoms with Gasteiger partial charge in [0, 0.05) is 12.3 Å². The van der Waals surface area contributed by atoms with Gasteiger partial charge in [0.2, 0.25) is 0 Å². The van der Waals surface area contributed by atoms with Crippen molar-refractivity contribution >= 4 is 11.9 Å². The minimum absolute atomic E-state index is 0.00158. The Labute approximate surface area is 85.1 Å². The second-order valence-corrected chi connectivity index (χ2v) is 2.67. The number of rotatable bonds is 5. The van der Waals surface area contributed by atoms with Gasteiger partial charge in [-0.25, -0.2) is 9.78 Å². The Hall–Kier alpha value is -2.11. The molecule has 80 valence electrons. The van der Waals surface area contributed by atoms with E-state index < -0.39 is 11.9 Å². The van der Waals surface area contributed by atoms with Crippen LogP contribution in [0.1, 0.15) is 16.9 Å². The first kappa shape index (κ1) is 11.0. The van der Waals surface area contributed by atoms with Crippen molar-refractivity contribution in [2.45, 2.75) is 6.42 Å². The maximum atomic E-state index is 10.5. The number of ether oxygens (including phenoxy) is 1. The highest BCUT2D eigenvalue weighted by Gasteiger charge is 2.05. The summed E-state index contributed by atoms with van der Waals surface area (Å²) in [4.78, 5) is 24.3. The molecule has 0 aliphatic rings. The molecule has 0 spiro atoms. The summed E-state index contributed by atoms with van der Waals surface area (Å²) in [6.07, 6.45) is 1.16. The molecule has 1 aromatic heterocycles. The minimum atomic E-state index is -1.15. The van der Waals surface area contributed by atoms with Gasteiger partial charge in [-0.2, -0.15) is 0 Å². The summed E-state index contributed by atoms with van der Waals surface area (Å²) in [6.45, 7) is -0.00158. The van der Waals surface area contributed by atoms with Crippen LogP contribution >= 0.6 is 0 Å². The molecular formula is C9H9NO5. The van der Waals surface area contributed by atoms with Gasteiger partial charge >= 0.3 is 11.9 Å². The van der Waals surface area contributed by atoms with Crippen LogP contribution < -0.4 is 4.74 Å². The third-order valence-electron chi connectivity index (χ3n) is 1.54. The molecule has 0 amide bonds. The Kier molecular flexibility index (Phi) is 3.61. The van der Waals surface area contributed by atoms with Crippen LogP contribution in [0, 0.1) is 0 Å². The second-order valence-electron chi connectivity index (χ2n) is 2.67. The highest BCUT2D eigenvalue weighted by molar-refractivity contribution is 5.85. The number of aromatic nitrogens is 1. The van der Waals surface area contributed by atoms with Crippen molar-refractivity contribution in [1.29, 1.82) is 0 Å². The summed E-state index contributed by atoms with van der Waals surface area (Å²) >= 11 is 0. The van der Waals surface area contributed by atoms with Crippen molar-refractivity contribution < 1.29 is 24.5 Å². The Balaban J connectivity index is 2.58. The SMILES string of the molecule is O=C(O)CCOc1ccnc(C(=O)O)c1. The van der Waals surface area contributed by atoms with Crippen molar-refractivity contribution in [2.75, 3.05) is 6.61 Å². The molecule has 6 nitrogen and oxygen atoms in total. The van der Waals surface area contributed by atoms with Gasteiger partial charge in [0.25, 0.3) is 0 Å². The topological polar surface area (TPSA) is 96.7 Å². The molecule has 2 N–H and O–H groups in total. The number of hydrogen-bond donors (Lipinski definition) is 2. The molecule has 0 saturated heterocycles. The summed E-state index contributed by atoms with van der Waals surface area (Å²) in [7, 11) is 0. The van der Waals surface area contributed by atoms with Crippen molar-refractivity contribution in [3.8, 4) is 5.75 Å². The van der Waals surface area contributed by atoms with Gasteiger partial charge in [-0.05, 0) is 6.07 Å². The molecule has 0 saturated carbocycles. The zero-order valence-electron chi connectivity index (χ0n) is 7.71. The normalized spacial score (nSPS) is 9.60. The number of carboxylic acids is 2. The summed E-state index contributed by atoms with van der Waals surface area (Å²) in [5, 5.41) is 17.0. The van der Waals surface area contributed by atoms with E-state index in [1.54, 1.807) is 0 Å². The molecule has 1 aromatic rings. The number of aromatic carboxylic acids is 1. The van der Waals surface area contributed by atoms with Gasteiger partial charge in [-0.1, -0.05) is 0 Å². The minimum Gasteiger partial charge on any atom is -0.493 e. The fraction of sp³-hybridized carbons (Fsp3) is 0.222. The molecule has 0 unspecified atom stereocenters. The van der Waals surface area contributed by atoms with E-state index in [1.807, 2.05) is 0 Å². The van der Waals surface area contributed by atoms with Crippen molar-refractivity contribution in [3.63, 3.8) is 0 Å². The fourth-order valence-electron chi connectivity index (χ4n) is 0.874. The van der Waals surface area contributed by atoms with E-state index in [0.29, 0.717) is 5.75 Å². The molecule has 15 heavy (non-hydrogen) atoms. The number of nitrogens with zero attached hydrogens (tertiary/aromatic N) is 1. The maximum absolute atomic E-state index is 10.5. The average Bonchev–Trinajstić information content (AvgIpc) is 2.17. The number of carbonyl (C=O) groups is 2. The molecule has 1 rings (SSSR count). The molecular weight excluding hydrogens is 202 g/mol. The van der Waals surface area contributed by atoms with E-state index in [9.17, 15) is 9.59 Å². The van der Waals surface area contributed by atoms with Gasteiger partial charge in [0.15, 0.2) is 5.69 Å². The average molecular weight is 211 g/mol. The Bertz CT molecular complexity index is 377. The Morgan fingerprint density at radius 1 is 1.40 bits per heavy atom. The van der Waals surface area contributed by atoms with Crippen molar-refractivity contribution in [1.82, 2.24) is 4.98 Å². The lowest BCUT2D eigenvalue weighted by atomic mass is 10.3. The first-order valence-electron chi connectivity index (χ1n) is 4.13. The van der Waals surface area contributed by atoms with Gasteiger partial charge in [0.05, 0.1) is 13.0 Å². The van der Waals surface area contributed by atoms with Crippen molar-refractivity contribution in [2.24, 2.45) is 0 Å². The van der Waals surface area contributed by atoms with Gasteiger partial charge in [-0.3, -0.25) is 4.79 Å². The van der Waals surface area contributed by atoms with Gasteiger partial charge in [0.1, 0.15) is 5.75 Å². The first-order valence-corrected chi connectivity index (χ1v) is 4.13. The lowest BCUT2D eigenvalue weighted by molar-refractivity contribution is -0.137. The largest absolute Gasteiger partial charge is 0.493 e. The van der Waals surface area contributed by atoms with Crippen LogP contribution in [0.5, 0.6) is 5.75 Å². The Morgan fingerprint density at radius 3 is 2.73 bits per heavy atom. The Morgan fingerprint density at radius 2 is 2.13 bits per heavy atom. The van der Waals surface area contributed by atoms with Crippen LogP contribution in [0.2, 0.25) is 0 Å². The predicted molar refractivity (Wildman–Crippen MR) is 48.9 cm³/mol. The van der Waals surface area contributed by atoms with Crippen LogP contribution in [-0.2, 0) is 4.79 Å². The zero-order valence-corrected chi connectivity index (χ0v) is 7.71. The fourth-order valence-corrected chi connectivity index (χ4v) is 0.874. The molecule has 0 atom stereocenters. The molecule has 0 aromatic carbocycles. The first-order chi connectivity index (χ1) is 7.09. The molecule has 1 heterocycles. The summed E-state index contributed by atoms with van der Waals surface area (Å²) in [5.74, 6) is -1.83. The summed E-state index contributed by atoms with van der Waals surface area (Å²) in [5.41, 5.74) is -0.136. The zero-order chi connectivity index (χ0) is 11.3. The van der Waals surface area contributed by atoms with Crippen LogP contribution in [0.25, 0.3) is 0 Å². The lowest BCUT2D eigenvalue weighted by Gasteiger charge is -2.04. The third kappa shape index (κ3) is 3.63. The van der Waals surface area contributed by atoms with E-state index >= 15 is 0 Å². The predicted octanol–water partition coefficient (Wildman–Crippen LogP) is 0.633. The van der Waals surface area contributed by atoms with Crippen LogP contribution in [0.3, 0.4) is 0 Å². The number of carboxylic acid groups (broad SMARTS) is 2. The van der Waals surface area contributed by atoms with E-state index in [-0.39, 0.29) is 18.7 Å². The summed E-state index contributed by atoms with van der Waals surface area (Å²) < 4.78 is 5.02. The van der Waals surface area contributed by atoms with Gasteiger partial charge < -0.3 is 14.9 Å². The standard InChI is InChI=1S/C9H9NO5/c11-8(12)2-4-15-6-1-3-10-7(5-6)9(13)14/h1,3,5H,2,4H2,(H,11,12)(H,13,14). The third-order valence-corrected chi connectivity index (χ3v) is 1.54. The van der Waals surface area contributed by atoms with E-state index in [1.165, 1.54) is 18.3 Å². The van der Waals surface area contributed by atoms with Crippen LogP contribution in [0.4, 0.5) is 0 Å². The monoisotopic (exact) mass is 211 g/mol. The molecule has 0 radical (unpaired) electrons. The van der Waals surface area contributed by atoms with Crippen LogP contribution in [-0.4, -0.2) is 33.7 Å². The highest BCUT2D eigenvalue weighted by Crippen LogP contribution is 2.10. The summed E-state index contributed by atoms with van der Waals surface area (Å²) in [6, 6.07) is 2.71. The maximum Gasteiger partial charge on any atom is 0.354 e. The number of aliphatic carboxylic acids is 1. The number of hydrogen-bond acceptors (Lipinski definition) is 4. The number of pyridine rings is 1. The van der Waals surface area contributed by atoms with Gasteiger partial charge in [-0.15, -0.1) is 0 Å².